The molecule has 2 aliphatic heterocycles. The Morgan fingerprint density at radius 1 is 1.00 bits per heavy atom. The van der Waals surface area contributed by atoms with Crippen molar-refractivity contribution in [3.63, 3.8) is 0 Å². The highest BCUT2D eigenvalue weighted by Crippen LogP contribution is 2.24. The van der Waals surface area contributed by atoms with Crippen molar-refractivity contribution < 1.29 is 14.3 Å². The van der Waals surface area contributed by atoms with Gasteiger partial charge in [0, 0.05) is 19.6 Å². The molecule has 2 saturated heterocycles. The zero-order valence-electron chi connectivity index (χ0n) is 18.2. The molecule has 0 bridgehead atoms. The van der Waals surface area contributed by atoms with Crippen LogP contribution in [0.2, 0.25) is 0 Å². The fraction of sp³-hybridized carbons (Fsp3) is 0.440. The first-order valence-electron chi connectivity index (χ1n) is 11.1. The number of carbonyl (C=O) groups excluding carboxylic acids is 2. The van der Waals surface area contributed by atoms with Crippen molar-refractivity contribution >= 4 is 11.8 Å². The lowest BCUT2D eigenvalue weighted by molar-refractivity contribution is -0.133. The van der Waals surface area contributed by atoms with E-state index in [0.29, 0.717) is 32.6 Å². The van der Waals surface area contributed by atoms with Crippen LogP contribution >= 0.6 is 0 Å². The van der Waals surface area contributed by atoms with Gasteiger partial charge < -0.3 is 15.0 Å². The predicted molar refractivity (Wildman–Crippen MR) is 121 cm³/mol. The van der Waals surface area contributed by atoms with Gasteiger partial charge in [-0.2, -0.15) is 0 Å². The van der Waals surface area contributed by atoms with Crippen LogP contribution in [-0.4, -0.2) is 68.0 Å². The lowest BCUT2D eigenvalue weighted by Crippen LogP contribution is -2.42. The van der Waals surface area contributed by atoms with Crippen LogP contribution in [0.3, 0.4) is 0 Å². The van der Waals surface area contributed by atoms with Crippen LogP contribution in [0, 0.1) is 5.92 Å². The highest BCUT2D eigenvalue weighted by Gasteiger charge is 2.28. The lowest BCUT2D eigenvalue weighted by atomic mass is 9.96. The van der Waals surface area contributed by atoms with Crippen molar-refractivity contribution in [2.75, 3.05) is 46.4 Å². The van der Waals surface area contributed by atoms with E-state index in [-0.39, 0.29) is 17.7 Å². The van der Waals surface area contributed by atoms with Crippen molar-refractivity contribution in [1.82, 2.24) is 15.1 Å². The number of methoxy groups -OCH3 is 1. The van der Waals surface area contributed by atoms with E-state index in [1.807, 2.05) is 29.2 Å². The summed E-state index contributed by atoms with van der Waals surface area (Å²) in [6, 6.07) is 16.3. The minimum absolute atomic E-state index is 0.0377. The van der Waals surface area contributed by atoms with E-state index >= 15 is 0 Å². The summed E-state index contributed by atoms with van der Waals surface area (Å²) in [4.78, 5) is 29.5. The van der Waals surface area contributed by atoms with Crippen LogP contribution in [0.4, 0.5) is 0 Å². The van der Waals surface area contributed by atoms with Gasteiger partial charge in [0.15, 0.2) is 0 Å². The van der Waals surface area contributed by atoms with E-state index in [9.17, 15) is 9.59 Å². The molecule has 31 heavy (non-hydrogen) atoms. The number of amides is 2. The Balaban J connectivity index is 1.40. The zero-order chi connectivity index (χ0) is 21.6. The number of ether oxygens (including phenoxy) is 1. The van der Waals surface area contributed by atoms with Crippen molar-refractivity contribution in [1.29, 1.82) is 0 Å². The quantitative estimate of drug-likeness (QED) is 0.779. The van der Waals surface area contributed by atoms with E-state index in [2.05, 4.69) is 34.5 Å². The van der Waals surface area contributed by atoms with E-state index in [1.54, 1.807) is 7.11 Å². The zero-order valence-corrected chi connectivity index (χ0v) is 18.2. The normalized spacial score (nSPS) is 19.7. The molecule has 6 nitrogen and oxygen atoms in total. The Morgan fingerprint density at radius 3 is 2.29 bits per heavy atom. The number of rotatable bonds is 6. The topological polar surface area (TPSA) is 61.9 Å². The molecule has 0 aromatic heterocycles. The van der Waals surface area contributed by atoms with Crippen molar-refractivity contribution in [2.45, 2.75) is 19.3 Å². The van der Waals surface area contributed by atoms with Crippen molar-refractivity contribution in [2.24, 2.45) is 5.92 Å². The van der Waals surface area contributed by atoms with Gasteiger partial charge >= 0.3 is 0 Å². The van der Waals surface area contributed by atoms with Gasteiger partial charge in [0.2, 0.25) is 11.8 Å². The molecule has 4 rings (SSSR count). The first-order chi connectivity index (χ1) is 15.1. The van der Waals surface area contributed by atoms with Crippen LogP contribution < -0.4 is 10.1 Å². The van der Waals surface area contributed by atoms with Crippen LogP contribution in [0.5, 0.6) is 5.75 Å². The maximum absolute atomic E-state index is 12.8. The average Bonchev–Trinajstić information content (AvgIpc) is 3.24. The summed E-state index contributed by atoms with van der Waals surface area (Å²) in [7, 11) is 1.66. The van der Waals surface area contributed by atoms with Gasteiger partial charge in [-0.05, 0) is 61.2 Å². The lowest BCUT2D eigenvalue weighted by Gasteiger charge is -2.25. The number of hydrogen-bond acceptors (Lipinski definition) is 4. The Labute approximate surface area is 184 Å². The SMILES string of the molecule is COc1ccc(-c2ccc(CC3CN(C(=O)CN4CCCC4)CCNC3=O)cc2)cc1. The molecule has 2 fully saturated rings. The Kier molecular flexibility index (Phi) is 6.87. The highest BCUT2D eigenvalue weighted by molar-refractivity contribution is 5.83. The fourth-order valence-corrected chi connectivity index (χ4v) is 4.42. The van der Waals surface area contributed by atoms with Crippen molar-refractivity contribution in [3.05, 3.63) is 54.1 Å². The number of nitrogens with one attached hydrogen (secondary N) is 1. The molecule has 2 aliphatic rings. The molecule has 2 heterocycles. The summed E-state index contributed by atoms with van der Waals surface area (Å²) in [6.45, 7) is 4.07. The van der Waals surface area contributed by atoms with Gasteiger partial charge in [-0.15, -0.1) is 0 Å². The summed E-state index contributed by atoms with van der Waals surface area (Å²) >= 11 is 0. The molecule has 0 spiro atoms. The molecular formula is C25H31N3O3. The second kappa shape index (κ2) is 9.96. The predicted octanol–water partition coefficient (Wildman–Crippen LogP) is 2.58. The van der Waals surface area contributed by atoms with Crippen LogP contribution in [0.15, 0.2) is 48.5 Å². The van der Waals surface area contributed by atoms with Gasteiger partial charge in [0.05, 0.1) is 19.6 Å². The number of likely N-dealkylation sites (tertiary alicyclic amines) is 1. The smallest absolute Gasteiger partial charge is 0.236 e. The number of nitrogens with zero attached hydrogens (tertiary/aromatic N) is 2. The average molecular weight is 422 g/mol. The minimum Gasteiger partial charge on any atom is -0.497 e. The summed E-state index contributed by atoms with van der Waals surface area (Å²) in [6.07, 6.45) is 2.97. The molecule has 1 unspecified atom stereocenters. The van der Waals surface area contributed by atoms with E-state index in [1.165, 1.54) is 12.8 Å². The molecule has 164 valence electrons. The third-order valence-electron chi connectivity index (χ3n) is 6.26. The van der Waals surface area contributed by atoms with Gasteiger partial charge in [-0.25, -0.2) is 0 Å². The maximum Gasteiger partial charge on any atom is 0.236 e. The number of carbonyl (C=O) groups is 2. The van der Waals surface area contributed by atoms with E-state index in [0.717, 1.165) is 35.5 Å². The molecule has 6 heteroatoms. The maximum atomic E-state index is 12.8. The third-order valence-corrected chi connectivity index (χ3v) is 6.26. The summed E-state index contributed by atoms with van der Waals surface area (Å²) in [5.41, 5.74) is 3.35. The molecular weight excluding hydrogens is 390 g/mol. The van der Waals surface area contributed by atoms with Gasteiger partial charge in [0.25, 0.3) is 0 Å². The van der Waals surface area contributed by atoms with Gasteiger partial charge in [-0.1, -0.05) is 36.4 Å². The van der Waals surface area contributed by atoms with Crippen LogP contribution in [-0.2, 0) is 16.0 Å². The largest absolute Gasteiger partial charge is 0.497 e. The summed E-state index contributed by atoms with van der Waals surface area (Å²) in [5, 5.41) is 2.98. The molecule has 2 amide bonds. The number of hydrogen-bond donors (Lipinski definition) is 1. The van der Waals surface area contributed by atoms with Gasteiger partial charge in [0.1, 0.15) is 5.75 Å². The molecule has 0 saturated carbocycles. The molecule has 0 radical (unpaired) electrons. The Hall–Kier alpha value is -2.86. The van der Waals surface area contributed by atoms with Crippen LogP contribution in [0.1, 0.15) is 18.4 Å². The van der Waals surface area contributed by atoms with Crippen LogP contribution in [0.25, 0.3) is 11.1 Å². The monoisotopic (exact) mass is 421 g/mol. The summed E-state index contributed by atoms with van der Waals surface area (Å²) in [5.74, 6) is 0.786. The minimum atomic E-state index is -0.225. The molecule has 0 aliphatic carbocycles. The first-order valence-corrected chi connectivity index (χ1v) is 11.1. The standard InChI is InChI=1S/C25H31N3O3/c1-31-23-10-8-21(9-11-23)20-6-4-19(5-7-20)16-22-17-28(15-12-26-25(22)30)24(29)18-27-13-2-3-14-27/h4-11,22H,2-3,12-18H2,1H3,(H,26,30). The van der Waals surface area contributed by atoms with E-state index < -0.39 is 0 Å². The molecule has 2 aromatic carbocycles. The highest BCUT2D eigenvalue weighted by atomic mass is 16.5. The number of benzene rings is 2. The fourth-order valence-electron chi connectivity index (χ4n) is 4.42. The van der Waals surface area contributed by atoms with Gasteiger partial charge in [-0.3, -0.25) is 14.5 Å². The molecule has 2 aromatic rings. The first kappa shape index (κ1) is 21.4. The molecule has 1 atom stereocenters. The second-order valence-electron chi connectivity index (χ2n) is 8.44. The summed E-state index contributed by atoms with van der Waals surface area (Å²) < 4.78 is 5.22. The Morgan fingerprint density at radius 2 is 1.65 bits per heavy atom. The third kappa shape index (κ3) is 5.44. The Bertz CT molecular complexity index is 889. The molecule has 1 N–H and O–H groups in total. The second-order valence-corrected chi connectivity index (χ2v) is 8.44. The van der Waals surface area contributed by atoms with Crippen molar-refractivity contribution in [3.8, 4) is 16.9 Å². The van der Waals surface area contributed by atoms with E-state index in [4.69, 9.17) is 4.74 Å².